The van der Waals surface area contributed by atoms with Crippen LogP contribution in [-0.4, -0.2) is 26.4 Å². The predicted octanol–water partition coefficient (Wildman–Crippen LogP) is 3.75. The van der Waals surface area contributed by atoms with Gasteiger partial charge in [0.15, 0.2) is 0 Å². The average molecular weight is 454 g/mol. The molecule has 1 heterocycles. The molecule has 10 heteroatoms. The molecule has 0 bridgehead atoms. The van der Waals surface area contributed by atoms with Crippen molar-refractivity contribution < 1.29 is 17.6 Å². The van der Waals surface area contributed by atoms with E-state index < -0.39 is 21.7 Å². The maximum atomic E-state index is 14.1. The Kier molecular flexibility index (Phi) is 6.33. The smallest absolute Gasteiger partial charge is 0.254 e. The summed E-state index contributed by atoms with van der Waals surface area (Å²) in [5.74, 6) is -1.54. The van der Waals surface area contributed by atoms with E-state index in [1.807, 2.05) is 19.1 Å². The Bertz CT molecular complexity index is 1160. The fourth-order valence-corrected chi connectivity index (χ4v) is 4.39. The summed E-state index contributed by atoms with van der Waals surface area (Å²) >= 11 is 7.32. The van der Waals surface area contributed by atoms with Gasteiger partial charge in [-0.2, -0.15) is 0 Å². The van der Waals surface area contributed by atoms with Crippen molar-refractivity contribution in [1.82, 2.24) is 15.0 Å². The predicted molar refractivity (Wildman–Crippen MR) is 111 cm³/mol. The Labute approximate surface area is 176 Å². The third kappa shape index (κ3) is 4.81. The molecule has 29 heavy (non-hydrogen) atoms. The van der Waals surface area contributed by atoms with Crippen molar-refractivity contribution in [2.45, 2.75) is 18.4 Å². The topological polar surface area (TPSA) is 88.2 Å². The molecule has 3 aromatic rings. The second-order valence-electron chi connectivity index (χ2n) is 6.05. The highest BCUT2D eigenvalue weighted by Gasteiger charge is 2.19. The molecule has 6 nitrogen and oxygen atoms in total. The van der Waals surface area contributed by atoms with E-state index in [1.165, 1.54) is 18.4 Å². The Morgan fingerprint density at radius 1 is 1.21 bits per heavy atom. The lowest BCUT2D eigenvalue weighted by Gasteiger charge is -2.07. The van der Waals surface area contributed by atoms with Crippen molar-refractivity contribution in [3.8, 4) is 11.3 Å². The number of hydrogen-bond acceptors (Lipinski definition) is 5. The van der Waals surface area contributed by atoms with Gasteiger partial charge in [0.2, 0.25) is 10.0 Å². The van der Waals surface area contributed by atoms with Gasteiger partial charge in [-0.05, 0) is 44.3 Å². The van der Waals surface area contributed by atoms with Crippen LogP contribution in [0.1, 0.15) is 20.2 Å². The summed E-state index contributed by atoms with van der Waals surface area (Å²) in [5, 5.41) is 3.85. The lowest BCUT2D eigenvalue weighted by atomic mass is 10.1. The van der Waals surface area contributed by atoms with Crippen LogP contribution < -0.4 is 10.0 Å². The molecule has 0 aliphatic rings. The summed E-state index contributed by atoms with van der Waals surface area (Å²) in [5.41, 5.74) is 1.33. The normalized spacial score (nSPS) is 11.4. The molecule has 152 valence electrons. The molecule has 3 rings (SSSR count). The minimum absolute atomic E-state index is 0.0837. The lowest BCUT2D eigenvalue weighted by Crippen LogP contribution is -2.25. The second kappa shape index (κ2) is 8.58. The molecular weight excluding hydrogens is 437 g/mol. The van der Waals surface area contributed by atoms with E-state index in [4.69, 9.17) is 11.6 Å². The highest BCUT2D eigenvalue weighted by Crippen LogP contribution is 2.28. The first kappa shape index (κ1) is 21.4. The molecule has 2 aromatic carbocycles. The number of aryl methyl sites for hydroxylation is 1. The third-order valence-electron chi connectivity index (χ3n) is 4.12. The minimum atomic E-state index is -3.79. The highest BCUT2D eigenvalue weighted by molar-refractivity contribution is 7.89. The summed E-state index contributed by atoms with van der Waals surface area (Å²) in [4.78, 5) is 17.7. The average Bonchev–Trinajstić information content (AvgIpc) is 3.07. The van der Waals surface area contributed by atoms with Gasteiger partial charge in [-0.15, -0.1) is 11.3 Å². The number of thiazole rings is 1. The number of carbonyl (C=O) groups is 1. The summed E-state index contributed by atoms with van der Waals surface area (Å²) in [7, 11) is -2.55. The van der Waals surface area contributed by atoms with Crippen molar-refractivity contribution in [3.05, 3.63) is 68.8 Å². The van der Waals surface area contributed by atoms with Crippen LogP contribution >= 0.6 is 22.9 Å². The molecule has 0 atom stereocenters. The van der Waals surface area contributed by atoms with Gasteiger partial charge in [-0.25, -0.2) is 22.5 Å². The largest absolute Gasteiger partial charge is 0.345 e. The van der Waals surface area contributed by atoms with E-state index in [1.54, 1.807) is 12.1 Å². The van der Waals surface area contributed by atoms with Crippen LogP contribution in [0.5, 0.6) is 0 Å². The molecule has 1 aromatic heterocycles. The third-order valence-corrected chi connectivity index (χ3v) is 6.75. The Balaban J connectivity index is 1.77. The number of amides is 1. The summed E-state index contributed by atoms with van der Waals surface area (Å²) in [6, 6.07) is 10.3. The molecule has 0 unspecified atom stereocenters. The zero-order valence-electron chi connectivity index (χ0n) is 15.5. The molecule has 0 saturated carbocycles. The van der Waals surface area contributed by atoms with Gasteiger partial charge in [0.1, 0.15) is 10.8 Å². The van der Waals surface area contributed by atoms with Crippen LogP contribution in [0.3, 0.4) is 0 Å². The van der Waals surface area contributed by atoms with Crippen LogP contribution in [0.25, 0.3) is 11.3 Å². The SMILES string of the molecule is CNS(=O)(=O)c1ccc(F)c(C(=O)NCc2nc(-c3ccc(Cl)cc3)c(C)s2)c1. The van der Waals surface area contributed by atoms with E-state index in [-0.39, 0.29) is 17.0 Å². The molecular formula is C19H17ClFN3O3S2. The van der Waals surface area contributed by atoms with Gasteiger partial charge < -0.3 is 5.32 Å². The van der Waals surface area contributed by atoms with Crippen molar-refractivity contribution >= 4 is 38.9 Å². The zero-order valence-corrected chi connectivity index (χ0v) is 17.9. The maximum Gasteiger partial charge on any atom is 0.254 e. The molecule has 0 fully saturated rings. The first-order valence-corrected chi connectivity index (χ1v) is 11.1. The Morgan fingerprint density at radius 3 is 2.55 bits per heavy atom. The molecule has 0 aliphatic heterocycles. The monoisotopic (exact) mass is 453 g/mol. The maximum absolute atomic E-state index is 14.1. The van der Waals surface area contributed by atoms with E-state index in [0.29, 0.717) is 10.0 Å². The van der Waals surface area contributed by atoms with Crippen molar-refractivity contribution in [2.75, 3.05) is 7.05 Å². The van der Waals surface area contributed by atoms with Gasteiger partial charge >= 0.3 is 0 Å². The van der Waals surface area contributed by atoms with Crippen molar-refractivity contribution in [1.29, 1.82) is 0 Å². The van der Waals surface area contributed by atoms with Crippen molar-refractivity contribution in [2.24, 2.45) is 0 Å². The number of carbonyl (C=O) groups excluding carboxylic acids is 1. The first-order chi connectivity index (χ1) is 13.7. The number of nitrogens with one attached hydrogen (secondary N) is 2. The highest BCUT2D eigenvalue weighted by atomic mass is 35.5. The number of sulfonamides is 1. The Hall–Kier alpha value is -2.33. The fourth-order valence-electron chi connectivity index (χ4n) is 2.62. The Morgan fingerprint density at radius 2 is 1.90 bits per heavy atom. The number of aromatic nitrogens is 1. The van der Waals surface area contributed by atoms with Gasteiger partial charge in [0.05, 0.1) is 22.7 Å². The fraction of sp³-hybridized carbons (Fsp3) is 0.158. The first-order valence-electron chi connectivity index (χ1n) is 8.45. The van der Waals surface area contributed by atoms with Gasteiger partial charge in [0, 0.05) is 15.5 Å². The summed E-state index contributed by atoms with van der Waals surface area (Å²) in [6.45, 7) is 2.00. The van der Waals surface area contributed by atoms with Crippen LogP contribution in [0.15, 0.2) is 47.4 Å². The summed E-state index contributed by atoms with van der Waals surface area (Å²) in [6.07, 6.45) is 0. The van der Waals surface area contributed by atoms with Crippen molar-refractivity contribution in [3.63, 3.8) is 0 Å². The van der Waals surface area contributed by atoms with Crippen LogP contribution in [0.4, 0.5) is 4.39 Å². The minimum Gasteiger partial charge on any atom is -0.345 e. The van der Waals surface area contributed by atoms with E-state index in [0.717, 1.165) is 34.3 Å². The standard InChI is InChI=1S/C19H17ClFN3O3S2/c1-11-18(12-3-5-13(20)6-4-12)24-17(28-11)10-23-19(25)15-9-14(7-8-16(15)21)29(26,27)22-2/h3-9,22H,10H2,1-2H3,(H,23,25). The lowest BCUT2D eigenvalue weighted by molar-refractivity contribution is 0.0946. The number of benzene rings is 2. The quantitative estimate of drug-likeness (QED) is 0.595. The summed E-state index contributed by atoms with van der Waals surface area (Å²) < 4.78 is 40.0. The molecule has 2 N–H and O–H groups in total. The van der Waals surface area contributed by atoms with Gasteiger partial charge in [-0.3, -0.25) is 4.79 Å². The molecule has 0 radical (unpaired) electrons. The van der Waals surface area contributed by atoms with Gasteiger partial charge in [-0.1, -0.05) is 23.7 Å². The van der Waals surface area contributed by atoms with E-state index in [2.05, 4.69) is 15.0 Å². The van der Waals surface area contributed by atoms with Crippen LogP contribution in [0.2, 0.25) is 5.02 Å². The molecule has 0 aliphatic carbocycles. The van der Waals surface area contributed by atoms with Crippen LogP contribution in [-0.2, 0) is 16.6 Å². The number of halogens is 2. The zero-order chi connectivity index (χ0) is 21.2. The van der Waals surface area contributed by atoms with E-state index >= 15 is 0 Å². The molecule has 1 amide bonds. The van der Waals surface area contributed by atoms with Crippen LogP contribution in [0, 0.1) is 12.7 Å². The number of nitrogens with zero attached hydrogens (tertiary/aromatic N) is 1. The second-order valence-corrected chi connectivity index (χ2v) is 9.66. The van der Waals surface area contributed by atoms with E-state index in [9.17, 15) is 17.6 Å². The number of rotatable bonds is 6. The number of hydrogen-bond donors (Lipinski definition) is 2. The van der Waals surface area contributed by atoms with Gasteiger partial charge in [0.25, 0.3) is 5.91 Å². The molecule has 0 spiro atoms. The molecule has 0 saturated heterocycles.